The maximum absolute atomic E-state index is 11.2. The third-order valence-electron chi connectivity index (χ3n) is 1.40. The first-order chi connectivity index (χ1) is 6.11. The van der Waals surface area contributed by atoms with E-state index in [-0.39, 0.29) is 5.91 Å². The average molecular weight is 199 g/mol. The molecule has 0 aliphatic carbocycles. The van der Waals surface area contributed by atoms with Crippen molar-refractivity contribution in [1.82, 2.24) is 10.3 Å². The van der Waals surface area contributed by atoms with E-state index in [0.717, 1.165) is 0 Å². The lowest BCUT2D eigenvalue weighted by atomic mass is 10.3. The molecular formula is C7H9N3O2S. The van der Waals surface area contributed by atoms with E-state index in [0.29, 0.717) is 5.01 Å². The van der Waals surface area contributed by atoms with Gasteiger partial charge in [-0.05, 0) is 6.92 Å². The molecule has 0 aromatic carbocycles. The van der Waals surface area contributed by atoms with Gasteiger partial charge in [-0.15, -0.1) is 11.3 Å². The van der Waals surface area contributed by atoms with E-state index in [1.54, 1.807) is 5.38 Å². The van der Waals surface area contributed by atoms with Crippen LogP contribution in [0.25, 0.3) is 0 Å². The molecule has 6 heteroatoms. The fraction of sp³-hybridized carbons (Fsp3) is 0.286. The molecule has 2 amide bonds. The van der Waals surface area contributed by atoms with Crippen molar-refractivity contribution in [3.8, 4) is 0 Å². The quantitative estimate of drug-likeness (QED) is 0.703. The molecule has 0 aliphatic heterocycles. The van der Waals surface area contributed by atoms with Crippen LogP contribution in [-0.4, -0.2) is 22.8 Å². The van der Waals surface area contributed by atoms with Gasteiger partial charge in [-0.25, -0.2) is 4.98 Å². The average Bonchev–Trinajstić information content (AvgIpc) is 2.55. The topological polar surface area (TPSA) is 85.1 Å². The van der Waals surface area contributed by atoms with Crippen LogP contribution in [0.3, 0.4) is 0 Å². The Bertz CT molecular complexity index is 310. The zero-order chi connectivity index (χ0) is 9.84. The van der Waals surface area contributed by atoms with Crippen molar-refractivity contribution in [1.29, 1.82) is 0 Å². The minimum Gasteiger partial charge on any atom is -0.368 e. The molecule has 0 saturated heterocycles. The first kappa shape index (κ1) is 9.66. The van der Waals surface area contributed by atoms with Crippen LogP contribution in [0.15, 0.2) is 11.6 Å². The van der Waals surface area contributed by atoms with Crippen LogP contribution in [0.5, 0.6) is 0 Å². The predicted molar refractivity (Wildman–Crippen MR) is 48.2 cm³/mol. The second kappa shape index (κ2) is 3.99. The summed E-state index contributed by atoms with van der Waals surface area (Å²) in [6, 6.07) is -0.670. The Labute approximate surface area is 79.0 Å². The molecule has 1 heterocycles. The molecule has 0 unspecified atom stereocenters. The molecule has 0 saturated carbocycles. The lowest BCUT2D eigenvalue weighted by Crippen LogP contribution is -2.42. The summed E-state index contributed by atoms with van der Waals surface area (Å²) in [7, 11) is 0. The zero-order valence-corrected chi connectivity index (χ0v) is 7.80. The molecule has 3 N–H and O–H groups in total. The summed E-state index contributed by atoms with van der Waals surface area (Å²) in [4.78, 5) is 25.6. The number of amides is 2. The van der Waals surface area contributed by atoms with E-state index in [1.807, 2.05) is 0 Å². The van der Waals surface area contributed by atoms with Crippen molar-refractivity contribution in [2.45, 2.75) is 13.0 Å². The van der Waals surface area contributed by atoms with Gasteiger partial charge in [0, 0.05) is 11.6 Å². The van der Waals surface area contributed by atoms with Crippen LogP contribution >= 0.6 is 11.3 Å². The monoisotopic (exact) mass is 199 g/mol. The Hall–Kier alpha value is -1.43. The smallest absolute Gasteiger partial charge is 0.280 e. The third-order valence-corrected chi connectivity index (χ3v) is 2.17. The number of hydrogen-bond acceptors (Lipinski definition) is 4. The summed E-state index contributed by atoms with van der Waals surface area (Å²) >= 11 is 1.21. The molecule has 1 aromatic rings. The molecule has 1 rings (SSSR count). The molecule has 5 nitrogen and oxygen atoms in total. The van der Waals surface area contributed by atoms with Gasteiger partial charge in [-0.2, -0.15) is 0 Å². The van der Waals surface area contributed by atoms with E-state index in [4.69, 9.17) is 5.73 Å². The highest BCUT2D eigenvalue weighted by Gasteiger charge is 2.14. The highest BCUT2D eigenvalue weighted by Crippen LogP contribution is 2.03. The maximum atomic E-state index is 11.2. The molecule has 0 radical (unpaired) electrons. The number of nitrogens with zero attached hydrogens (tertiary/aromatic N) is 1. The number of aromatic nitrogens is 1. The van der Waals surface area contributed by atoms with Gasteiger partial charge in [0.05, 0.1) is 0 Å². The van der Waals surface area contributed by atoms with Crippen molar-refractivity contribution in [2.75, 3.05) is 0 Å². The number of primary amides is 1. The van der Waals surface area contributed by atoms with Gasteiger partial charge in [0.1, 0.15) is 6.04 Å². The van der Waals surface area contributed by atoms with Crippen molar-refractivity contribution >= 4 is 23.2 Å². The zero-order valence-electron chi connectivity index (χ0n) is 6.98. The Morgan fingerprint density at radius 2 is 2.38 bits per heavy atom. The maximum Gasteiger partial charge on any atom is 0.280 e. The number of hydrogen-bond donors (Lipinski definition) is 2. The van der Waals surface area contributed by atoms with Gasteiger partial charge in [0.15, 0.2) is 5.01 Å². The molecule has 0 bridgehead atoms. The van der Waals surface area contributed by atoms with Gasteiger partial charge < -0.3 is 11.1 Å². The fourth-order valence-corrected chi connectivity index (χ4v) is 1.20. The number of nitrogens with two attached hydrogens (primary N) is 1. The number of rotatable bonds is 3. The van der Waals surface area contributed by atoms with E-state index < -0.39 is 11.9 Å². The molecule has 13 heavy (non-hydrogen) atoms. The standard InChI is InChI=1S/C7H9N3O2S/c1-4(5(8)11)10-6(12)7-9-2-3-13-7/h2-4H,1H3,(H2,8,11)(H,10,12)/t4-/m0/s1. The van der Waals surface area contributed by atoms with Crippen LogP contribution in [0.1, 0.15) is 16.7 Å². The SMILES string of the molecule is C[C@H](NC(=O)c1nccs1)C(N)=O. The lowest BCUT2D eigenvalue weighted by Gasteiger charge is -2.07. The molecule has 0 fully saturated rings. The van der Waals surface area contributed by atoms with Crippen LogP contribution in [-0.2, 0) is 4.79 Å². The first-order valence-corrected chi connectivity index (χ1v) is 4.49. The van der Waals surface area contributed by atoms with Crippen LogP contribution < -0.4 is 11.1 Å². The number of carbonyl (C=O) groups is 2. The largest absolute Gasteiger partial charge is 0.368 e. The molecular weight excluding hydrogens is 190 g/mol. The number of nitrogens with one attached hydrogen (secondary N) is 1. The minimum absolute atomic E-state index is 0.327. The van der Waals surface area contributed by atoms with Crippen LogP contribution in [0.4, 0.5) is 0 Å². The van der Waals surface area contributed by atoms with Crippen molar-refractivity contribution in [2.24, 2.45) is 5.73 Å². The van der Waals surface area contributed by atoms with Crippen LogP contribution in [0, 0.1) is 0 Å². The van der Waals surface area contributed by atoms with Crippen LogP contribution in [0.2, 0.25) is 0 Å². The Balaban J connectivity index is 2.56. The number of carbonyl (C=O) groups excluding carboxylic acids is 2. The summed E-state index contributed by atoms with van der Waals surface area (Å²) in [6.45, 7) is 1.52. The summed E-state index contributed by atoms with van der Waals surface area (Å²) < 4.78 is 0. The van der Waals surface area contributed by atoms with Gasteiger partial charge in [-0.1, -0.05) is 0 Å². The highest BCUT2D eigenvalue weighted by molar-refractivity contribution is 7.11. The fourth-order valence-electron chi connectivity index (χ4n) is 0.665. The Morgan fingerprint density at radius 3 is 2.85 bits per heavy atom. The van der Waals surface area contributed by atoms with E-state index in [1.165, 1.54) is 24.5 Å². The molecule has 1 atom stereocenters. The molecule has 0 aliphatic rings. The van der Waals surface area contributed by atoms with Gasteiger partial charge >= 0.3 is 0 Å². The number of thiazole rings is 1. The second-order valence-electron chi connectivity index (χ2n) is 2.43. The predicted octanol–water partition coefficient (Wildman–Crippen LogP) is -0.253. The van der Waals surface area contributed by atoms with E-state index in [9.17, 15) is 9.59 Å². The highest BCUT2D eigenvalue weighted by atomic mass is 32.1. The van der Waals surface area contributed by atoms with Crippen molar-refractivity contribution in [3.63, 3.8) is 0 Å². The van der Waals surface area contributed by atoms with Gasteiger partial charge in [0.25, 0.3) is 5.91 Å². The van der Waals surface area contributed by atoms with E-state index in [2.05, 4.69) is 10.3 Å². The minimum atomic E-state index is -0.670. The van der Waals surface area contributed by atoms with Crippen molar-refractivity contribution in [3.05, 3.63) is 16.6 Å². The summed E-state index contributed by atoms with van der Waals surface area (Å²) in [6.07, 6.45) is 1.52. The normalized spacial score (nSPS) is 12.1. The Kier molecular flexibility index (Phi) is 2.97. The molecule has 70 valence electrons. The second-order valence-corrected chi connectivity index (χ2v) is 3.33. The van der Waals surface area contributed by atoms with Gasteiger partial charge in [-0.3, -0.25) is 9.59 Å². The van der Waals surface area contributed by atoms with Crippen molar-refractivity contribution < 1.29 is 9.59 Å². The summed E-state index contributed by atoms with van der Waals surface area (Å²) in [5.41, 5.74) is 4.97. The summed E-state index contributed by atoms with van der Waals surface area (Å²) in [5, 5.41) is 4.43. The van der Waals surface area contributed by atoms with E-state index >= 15 is 0 Å². The summed E-state index contributed by atoms with van der Waals surface area (Å²) in [5.74, 6) is -0.939. The molecule has 1 aromatic heterocycles. The first-order valence-electron chi connectivity index (χ1n) is 3.61. The third kappa shape index (κ3) is 2.51. The Morgan fingerprint density at radius 1 is 1.69 bits per heavy atom. The van der Waals surface area contributed by atoms with Gasteiger partial charge in [0.2, 0.25) is 5.91 Å². The molecule has 0 spiro atoms. The lowest BCUT2D eigenvalue weighted by molar-refractivity contribution is -0.119.